The largest absolute Gasteiger partial charge is 0.505 e. The fourth-order valence-electron chi connectivity index (χ4n) is 1.87. The molecule has 3 aromatic rings. The van der Waals surface area contributed by atoms with E-state index in [1.165, 1.54) is 17.8 Å². The van der Waals surface area contributed by atoms with Crippen molar-refractivity contribution in [2.45, 2.75) is 6.92 Å². The minimum absolute atomic E-state index is 0.102. The second-order valence-corrected chi connectivity index (χ2v) is 4.56. The molecule has 1 aromatic heterocycles. The third-order valence-electron chi connectivity index (χ3n) is 2.96. The summed E-state index contributed by atoms with van der Waals surface area (Å²) < 4.78 is 0. The molecule has 0 unspecified atom stereocenters. The molecule has 0 spiro atoms. The van der Waals surface area contributed by atoms with Crippen molar-refractivity contribution in [3.05, 3.63) is 42.5 Å². The van der Waals surface area contributed by atoms with Gasteiger partial charge in [0.2, 0.25) is 0 Å². The Kier molecular flexibility index (Phi) is 3.36. The monoisotopic (exact) mass is 299 g/mol. The number of nitrogens with zero attached hydrogens (tertiary/aromatic N) is 4. The molecule has 0 fully saturated rings. The molecule has 112 valence electrons. The molecule has 0 radical (unpaired) electrons. The van der Waals surface area contributed by atoms with Gasteiger partial charge in [-0.15, -0.1) is 20.2 Å². The first kappa shape index (κ1) is 13.8. The number of aromatic hydroxyl groups is 1. The summed E-state index contributed by atoms with van der Waals surface area (Å²) in [5.41, 5.74) is 1.81. The lowest BCUT2D eigenvalue weighted by molar-refractivity contribution is -0.155. The molecule has 1 heterocycles. The van der Waals surface area contributed by atoms with E-state index < -0.39 is 5.91 Å². The van der Waals surface area contributed by atoms with Crippen LogP contribution in [0, 0.1) is 0 Å². The Morgan fingerprint density at radius 2 is 1.86 bits per heavy atom. The smallest absolute Gasteiger partial charge is 0.269 e. The fraction of sp³-hybridized carbons (Fsp3) is 0.0714. The summed E-state index contributed by atoms with van der Waals surface area (Å²) in [6, 6.07) is 11.8. The predicted molar refractivity (Wildman–Crippen MR) is 77.9 cm³/mol. The number of hydroxylamine groups is 1. The molecule has 0 saturated heterocycles. The second-order valence-electron chi connectivity index (χ2n) is 4.56. The van der Waals surface area contributed by atoms with Gasteiger partial charge in [0.15, 0.2) is 5.75 Å². The number of phenolic OH excluding ortho intramolecular Hbond substituents is 1. The fourth-order valence-corrected chi connectivity index (χ4v) is 1.87. The third-order valence-corrected chi connectivity index (χ3v) is 2.96. The normalized spacial score (nSPS) is 10.6. The highest BCUT2D eigenvalue weighted by atomic mass is 16.7. The number of carbonyl (C=O) groups excluding carboxylic acids is 1. The number of nitrogens with two attached hydrogens (primary N) is 1. The molecule has 22 heavy (non-hydrogen) atoms. The topological polar surface area (TPSA) is 106 Å². The van der Waals surface area contributed by atoms with Gasteiger partial charge in [-0.25, -0.2) is 5.84 Å². The Hall–Kier alpha value is -3.13. The standard InChI is InChI=1S/C14H13N5O3/c1-9(20)18(15)22-10-6-7-13(14(21)8-10)19-16-11-4-2-3-5-12(11)17-19/h2-8,21H,15H2,1H3. The van der Waals surface area contributed by atoms with Crippen molar-refractivity contribution in [1.82, 2.24) is 20.2 Å². The van der Waals surface area contributed by atoms with E-state index in [0.29, 0.717) is 21.9 Å². The van der Waals surface area contributed by atoms with E-state index in [1.54, 1.807) is 12.1 Å². The van der Waals surface area contributed by atoms with Crippen molar-refractivity contribution in [2.24, 2.45) is 5.84 Å². The van der Waals surface area contributed by atoms with E-state index >= 15 is 0 Å². The minimum Gasteiger partial charge on any atom is -0.505 e. The number of amides is 1. The number of hydrazine groups is 1. The average Bonchev–Trinajstić information content (AvgIpc) is 2.90. The summed E-state index contributed by atoms with van der Waals surface area (Å²) in [7, 11) is 0. The zero-order valence-corrected chi connectivity index (χ0v) is 11.7. The van der Waals surface area contributed by atoms with Crippen molar-refractivity contribution in [2.75, 3.05) is 0 Å². The second kappa shape index (κ2) is 5.34. The van der Waals surface area contributed by atoms with Gasteiger partial charge in [-0.05, 0) is 24.3 Å². The number of carbonyl (C=O) groups is 1. The van der Waals surface area contributed by atoms with Crippen LogP contribution in [-0.4, -0.2) is 31.2 Å². The van der Waals surface area contributed by atoms with Crippen LogP contribution in [0.25, 0.3) is 16.7 Å². The first-order chi connectivity index (χ1) is 10.5. The number of hydrogen-bond donors (Lipinski definition) is 2. The van der Waals surface area contributed by atoms with Crippen LogP contribution >= 0.6 is 0 Å². The third kappa shape index (κ3) is 2.54. The first-order valence-corrected chi connectivity index (χ1v) is 6.43. The Balaban J connectivity index is 1.93. The van der Waals surface area contributed by atoms with E-state index in [2.05, 4.69) is 10.2 Å². The molecule has 0 aliphatic heterocycles. The molecule has 8 heteroatoms. The van der Waals surface area contributed by atoms with Crippen LogP contribution in [0.5, 0.6) is 11.5 Å². The molecular weight excluding hydrogens is 286 g/mol. The number of benzene rings is 2. The molecule has 0 aliphatic carbocycles. The Bertz CT molecular complexity index is 812. The zero-order chi connectivity index (χ0) is 15.7. The van der Waals surface area contributed by atoms with Crippen LogP contribution < -0.4 is 10.7 Å². The van der Waals surface area contributed by atoms with Gasteiger partial charge in [0.1, 0.15) is 22.5 Å². The van der Waals surface area contributed by atoms with Crippen molar-refractivity contribution in [1.29, 1.82) is 0 Å². The highest BCUT2D eigenvalue weighted by Crippen LogP contribution is 2.26. The van der Waals surface area contributed by atoms with Crippen LogP contribution in [0.4, 0.5) is 0 Å². The highest BCUT2D eigenvalue weighted by Gasteiger charge is 2.12. The van der Waals surface area contributed by atoms with Crippen LogP contribution in [0.3, 0.4) is 0 Å². The van der Waals surface area contributed by atoms with Gasteiger partial charge in [0.05, 0.1) is 0 Å². The lowest BCUT2D eigenvalue weighted by Crippen LogP contribution is -2.38. The lowest BCUT2D eigenvalue weighted by Gasteiger charge is -2.15. The molecule has 3 N–H and O–H groups in total. The molecule has 8 nitrogen and oxygen atoms in total. The summed E-state index contributed by atoms with van der Waals surface area (Å²) in [5, 5.41) is 19.2. The zero-order valence-electron chi connectivity index (χ0n) is 11.7. The highest BCUT2D eigenvalue weighted by molar-refractivity contribution is 5.73. The predicted octanol–water partition coefficient (Wildman–Crippen LogP) is 1.14. The summed E-state index contributed by atoms with van der Waals surface area (Å²) in [5.74, 6) is 5.00. The van der Waals surface area contributed by atoms with Crippen molar-refractivity contribution in [3.63, 3.8) is 0 Å². The van der Waals surface area contributed by atoms with E-state index in [-0.39, 0.29) is 11.5 Å². The number of phenols is 1. The van der Waals surface area contributed by atoms with E-state index in [9.17, 15) is 9.90 Å². The Morgan fingerprint density at radius 1 is 1.23 bits per heavy atom. The maximum Gasteiger partial charge on any atom is 0.269 e. The van der Waals surface area contributed by atoms with Gasteiger partial charge in [-0.1, -0.05) is 12.1 Å². The Labute approximate surface area is 125 Å². The summed E-state index contributed by atoms with van der Waals surface area (Å²) in [6.07, 6.45) is 0. The summed E-state index contributed by atoms with van der Waals surface area (Å²) in [6.45, 7) is 1.26. The molecule has 3 rings (SSSR count). The number of rotatable bonds is 3. The summed E-state index contributed by atoms with van der Waals surface area (Å²) >= 11 is 0. The van der Waals surface area contributed by atoms with Crippen LogP contribution in [0.1, 0.15) is 6.92 Å². The molecule has 0 bridgehead atoms. The van der Waals surface area contributed by atoms with Gasteiger partial charge < -0.3 is 9.94 Å². The van der Waals surface area contributed by atoms with Gasteiger partial charge in [-0.3, -0.25) is 4.79 Å². The van der Waals surface area contributed by atoms with E-state index in [1.807, 2.05) is 24.3 Å². The van der Waals surface area contributed by atoms with Crippen molar-refractivity contribution >= 4 is 16.9 Å². The number of fused-ring (bicyclic) bond motifs is 1. The van der Waals surface area contributed by atoms with Gasteiger partial charge >= 0.3 is 0 Å². The van der Waals surface area contributed by atoms with Crippen molar-refractivity contribution < 1.29 is 14.7 Å². The van der Waals surface area contributed by atoms with Gasteiger partial charge in [-0.2, -0.15) is 0 Å². The number of hydrogen-bond acceptors (Lipinski definition) is 6. The van der Waals surface area contributed by atoms with E-state index in [0.717, 1.165) is 0 Å². The molecule has 0 aliphatic rings. The maximum atomic E-state index is 11.0. The molecule has 0 atom stereocenters. The maximum absolute atomic E-state index is 11.0. The lowest BCUT2D eigenvalue weighted by atomic mass is 10.3. The Morgan fingerprint density at radius 3 is 2.41 bits per heavy atom. The number of aromatic nitrogens is 3. The SMILES string of the molecule is CC(=O)N(N)Oc1ccc(-n2nc3ccccc3n2)c(O)c1. The van der Waals surface area contributed by atoms with E-state index in [4.69, 9.17) is 10.7 Å². The average molecular weight is 299 g/mol. The van der Waals surface area contributed by atoms with Crippen LogP contribution in [-0.2, 0) is 4.79 Å². The molecule has 0 saturated carbocycles. The van der Waals surface area contributed by atoms with Gasteiger partial charge in [0, 0.05) is 13.0 Å². The molecule has 1 amide bonds. The first-order valence-electron chi connectivity index (χ1n) is 6.43. The van der Waals surface area contributed by atoms with Crippen LogP contribution in [0.2, 0.25) is 0 Å². The minimum atomic E-state index is -0.469. The van der Waals surface area contributed by atoms with Gasteiger partial charge in [0.25, 0.3) is 5.91 Å². The molecular formula is C14H13N5O3. The van der Waals surface area contributed by atoms with Crippen molar-refractivity contribution in [3.8, 4) is 17.2 Å². The quantitative estimate of drug-likeness (QED) is 0.427. The van der Waals surface area contributed by atoms with Crippen LogP contribution in [0.15, 0.2) is 42.5 Å². The molecule has 2 aromatic carbocycles. The summed E-state index contributed by atoms with van der Waals surface area (Å²) in [4.78, 5) is 17.4.